The van der Waals surface area contributed by atoms with Gasteiger partial charge in [-0.2, -0.15) is 0 Å². The summed E-state index contributed by atoms with van der Waals surface area (Å²) in [6.07, 6.45) is 0.935. The summed E-state index contributed by atoms with van der Waals surface area (Å²) in [5, 5.41) is 72.7. The molecule has 1 saturated carbocycles. The molecule has 60 heavy (non-hydrogen) atoms. The van der Waals surface area contributed by atoms with E-state index < -0.39 is 113 Å². The molecule has 1 heterocycles. The van der Waals surface area contributed by atoms with Crippen molar-refractivity contribution in [2.24, 2.45) is 5.73 Å². The zero-order valence-corrected chi connectivity index (χ0v) is 36.7. The molecule has 1 aliphatic carbocycles. The second-order valence-electron chi connectivity index (χ2n) is 16.3. The van der Waals surface area contributed by atoms with Gasteiger partial charge in [0, 0.05) is 12.8 Å². The maximum Gasteiger partial charge on any atom is 0.306 e. The molecular formula is C41H77NO17P-. The van der Waals surface area contributed by atoms with Crippen LogP contribution in [-0.4, -0.2) is 141 Å². The molecule has 2 rings (SSSR count). The normalized spacial score (nSPS) is 29.8. The van der Waals surface area contributed by atoms with Gasteiger partial charge in [-0.3, -0.25) is 14.2 Å². The fraction of sp³-hybridized carbons (Fsp3) is 0.951. The maximum atomic E-state index is 13.1. The van der Waals surface area contributed by atoms with Crippen molar-refractivity contribution in [3.63, 3.8) is 0 Å². The van der Waals surface area contributed by atoms with E-state index in [2.05, 4.69) is 13.8 Å². The van der Waals surface area contributed by atoms with E-state index in [4.69, 9.17) is 33.7 Å². The predicted octanol–water partition coefficient (Wildman–Crippen LogP) is 2.54. The number of unbranched alkanes of at least 4 members (excludes halogenated alkanes) is 18. The molecule has 2 aliphatic rings. The van der Waals surface area contributed by atoms with Crippen LogP contribution in [0.25, 0.3) is 0 Å². The van der Waals surface area contributed by atoms with Gasteiger partial charge in [-0.05, 0) is 12.8 Å². The van der Waals surface area contributed by atoms with Crippen molar-refractivity contribution in [1.82, 2.24) is 0 Å². The van der Waals surface area contributed by atoms with Crippen molar-refractivity contribution >= 4 is 19.8 Å². The van der Waals surface area contributed by atoms with E-state index in [0.29, 0.717) is 12.8 Å². The van der Waals surface area contributed by atoms with Gasteiger partial charge in [0.25, 0.3) is 7.82 Å². The summed E-state index contributed by atoms with van der Waals surface area (Å²) in [6, 6.07) is -1.49. The number of nitrogens with two attached hydrogens (primary N) is 1. The van der Waals surface area contributed by atoms with E-state index >= 15 is 0 Å². The minimum atomic E-state index is -5.54. The van der Waals surface area contributed by atoms with E-state index in [1.54, 1.807) is 0 Å². The molecule has 0 aromatic heterocycles. The Kier molecular flexibility index (Phi) is 28.0. The highest BCUT2D eigenvalue weighted by molar-refractivity contribution is 7.45. The van der Waals surface area contributed by atoms with E-state index in [1.807, 2.05) is 0 Å². The van der Waals surface area contributed by atoms with Crippen molar-refractivity contribution < 1.29 is 82.8 Å². The number of aliphatic hydroxyl groups is 7. The predicted molar refractivity (Wildman–Crippen MR) is 217 cm³/mol. The third kappa shape index (κ3) is 20.4. The minimum Gasteiger partial charge on any atom is -0.756 e. The number of esters is 2. The van der Waals surface area contributed by atoms with Gasteiger partial charge in [-0.1, -0.05) is 129 Å². The number of carbonyl (C=O) groups excluding carboxylic acids is 2. The van der Waals surface area contributed by atoms with E-state index in [-0.39, 0.29) is 12.8 Å². The van der Waals surface area contributed by atoms with Crippen molar-refractivity contribution in [2.75, 3.05) is 19.8 Å². The molecule has 13 atom stereocenters. The number of aliphatic hydroxyl groups excluding tert-OH is 7. The molecule has 0 radical (unpaired) electrons. The lowest BCUT2D eigenvalue weighted by Crippen LogP contribution is -2.68. The molecule has 0 amide bonds. The van der Waals surface area contributed by atoms with Crippen LogP contribution in [0.3, 0.4) is 0 Å². The number of hydrogen-bond donors (Lipinski definition) is 8. The molecule has 18 nitrogen and oxygen atoms in total. The van der Waals surface area contributed by atoms with Crippen molar-refractivity contribution in [3.05, 3.63) is 0 Å². The zero-order chi connectivity index (χ0) is 44.5. The summed E-state index contributed by atoms with van der Waals surface area (Å²) in [5.41, 5.74) is 5.88. The van der Waals surface area contributed by atoms with Crippen molar-refractivity contribution in [2.45, 2.75) is 228 Å². The fourth-order valence-electron chi connectivity index (χ4n) is 7.33. The summed E-state index contributed by atoms with van der Waals surface area (Å²) in [5.74, 6) is -1.22. The van der Waals surface area contributed by atoms with E-state index in [0.717, 1.165) is 51.4 Å². The summed E-state index contributed by atoms with van der Waals surface area (Å²) in [4.78, 5) is 38.5. The van der Waals surface area contributed by atoms with Crippen LogP contribution in [0.5, 0.6) is 0 Å². The highest BCUT2D eigenvalue weighted by atomic mass is 31.2. The van der Waals surface area contributed by atoms with Gasteiger partial charge in [0.2, 0.25) is 0 Å². The second kappa shape index (κ2) is 30.7. The number of ether oxygens (including phenoxy) is 4. The lowest BCUT2D eigenvalue weighted by molar-refractivity contribution is -0.319. The van der Waals surface area contributed by atoms with Gasteiger partial charge in [-0.25, -0.2) is 0 Å². The minimum absolute atomic E-state index is 0.0382. The lowest BCUT2D eigenvalue weighted by atomic mass is 9.84. The molecule has 1 unspecified atom stereocenters. The maximum absolute atomic E-state index is 13.1. The summed E-state index contributed by atoms with van der Waals surface area (Å²) >= 11 is 0. The average molecular weight is 887 g/mol. The summed E-state index contributed by atoms with van der Waals surface area (Å²) in [6.45, 7) is 2.19. The first-order valence-corrected chi connectivity index (χ1v) is 23.9. The van der Waals surface area contributed by atoms with Gasteiger partial charge in [-0.15, -0.1) is 0 Å². The number of carbonyl (C=O) groups is 2. The van der Waals surface area contributed by atoms with E-state index in [9.17, 15) is 54.8 Å². The summed E-state index contributed by atoms with van der Waals surface area (Å²) in [7, 11) is -5.54. The van der Waals surface area contributed by atoms with Gasteiger partial charge < -0.3 is 74.4 Å². The average Bonchev–Trinajstić information content (AvgIpc) is 3.22. The van der Waals surface area contributed by atoms with Gasteiger partial charge >= 0.3 is 11.9 Å². The van der Waals surface area contributed by atoms with Crippen LogP contribution in [-0.2, 0) is 42.1 Å². The van der Waals surface area contributed by atoms with Crippen LogP contribution in [0.2, 0.25) is 0 Å². The van der Waals surface area contributed by atoms with Crippen molar-refractivity contribution in [3.8, 4) is 0 Å². The third-order valence-electron chi connectivity index (χ3n) is 11.1. The van der Waals surface area contributed by atoms with Crippen LogP contribution in [0.1, 0.15) is 155 Å². The molecule has 0 aromatic carbocycles. The highest BCUT2D eigenvalue weighted by Gasteiger charge is 2.54. The smallest absolute Gasteiger partial charge is 0.306 e. The Morgan fingerprint density at radius 3 is 1.60 bits per heavy atom. The van der Waals surface area contributed by atoms with Crippen LogP contribution < -0.4 is 10.6 Å². The van der Waals surface area contributed by atoms with Crippen LogP contribution in [0.4, 0.5) is 0 Å². The Hall–Kier alpha value is -1.35. The first-order chi connectivity index (χ1) is 28.7. The van der Waals surface area contributed by atoms with Gasteiger partial charge in [0.1, 0.15) is 61.5 Å². The van der Waals surface area contributed by atoms with Crippen LogP contribution in [0.15, 0.2) is 0 Å². The molecule has 1 saturated heterocycles. The topological polar surface area (TPSA) is 297 Å². The fourth-order valence-corrected chi connectivity index (χ4v) is 8.29. The van der Waals surface area contributed by atoms with Gasteiger partial charge in [0.15, 0.2) is 12.4 Å². The second-order valence-corrected chi connectivity index (χ2v) is 17.7. The standard InChI is InChI=1S/C41H78NO17P/c1-3-5-7-9-11-13-15-17-19-21-23-30(44)54-26-28(56-31(45)24-22-20-18-16-14-12-10-8-6-4-2)27-55-60(52,53)59-40-37(50)35(48)36(49)39(38(40)51)58-41-32(42)34(47)33(46)29(25-43)57-41/h28-29,32-41,43,46-51H,3-27,42H2,1-2H3,(H,52,53)/p-1/t28-,29-,32-,33+,34-,35-,36-,37-,38-,39+,40+,41-/m1/s1. The highest BCUT2D eigenvalue weighted by Crippen LogP contribution is 2.44. The molecule has 354 valence electrons. The van der Waals surface area contributed by atoms with Crippen LogP contribution >= 0.6 is 7.82 Å². The number of hydrogen-bond acceptors (Lipinski definition) is 18. The zero-order valence-electron chi connectivity index (χ0n) is 35.8. The molecular weight excluding hydrogens is 809 g/mol. The molecule has 2 fully saturated rings. The largest absolute Gasteiger partial charge is 0.756 e. The monoisotopic (exact) mass is 886 g/mol. The number of rotatable bonds is 33. The Morgan fingerprint density at radius 1 is 0.633 bits per heavy atom. The molecule has 19 heteroatoms. The Balaban J connectivity index is 1.98. The van der Waals surface area contributed by atoms with E-state index in [1.165, 1.54) is 64.2 Å². The number of phosphoric ester groups is 1. The molecule has 1 aliphatic heterocycles. The summed E-state index contributed by atoms with van der Waals surface area (Å²) < 4.78 is 44.7. The SMILES string of the molecule is CCCCCCCCCCCCC(=O)OC[C@H](COP(=O)([O-])O[C@@H]1[C@H](O)[C@@H](O[C@H]2O[C@H](CO)[C@H](O)[C@H](O)[C@H]2N)[C@H](O)[C@@H](O)[C@H]1O)OC(=O)CCCCCCCCCCCC. The molecule has 9 N–H and O–H groups in total. The Morgan fingerprint density at radius 2 is 1.10 bits per heavy atom. The lowest BCUT2D eigenvalue weighted by Gasteiger charge is -2.47. The quantitative estimate of drug-likeness (QED) is 0.0267. The first kappa shape index (κ1) is 54.8. The van der Waals surface area contributed by atoms with Crippen LogP contribution in [0, 0.1) is 0 Å². The Labute approximate surface area is 356 Å². The first-order valence-electron chi connectivity index (χ1n) is 22.4. The van der Waals surface area contributed by atoms with Gasteiger partial charge in [0.05, 0.1) is 19.3 Å². The molecule has 0 spiro atoms. The van der Waals surface area contributed by atoms with Crippen molar-refractivity contribution in [1.29, 1.82) is 0 Å². The third-order valence-corrected chi connectivity index (χ3v) is 12.1. The number of phosphoric acid groups is 1. The Bertz CT molecular complexity index is 1200. The molecule has 0 bridgehead atoms. The molecule has 0 aromatic rings.